The number of carboxylic acids is 1. The molecule has 0 atom stereocenters. The number of hydrogen-bond acceptors (Lipinski definition) is 3. The van der Waals surface area contributed by atoms with Crippen molar-refractivity contribution in [3.05, 3.63) is 29.8 Å². The summed E-state index contributed by atoms with van der Waals surface area (Å²) in [4.78, 5) is 24.7. The molecule has 1 heterocycles. The van der Waals surface area contributed by atoms with Crippen LogP contribution in [-0.2, 0) is 4.79 Å². The highest BCUT2D eigenvalue weighted by Crippen LogP contribution is 1.97. The molecule has 0 radical (unpaired) electrons. The lowest BCUT2D eigenvalue weighted by molar-refractivity contribution is -0.135. The number of nitrogens with zero attached hydrogens (tertiary/aromatic N) is 1. The summed E-state index contributed by atoms with van der Waals surface area (Å²) < 4.78 is 12.4. The Labute approximate surface area is 78.6 Å². The van der Waals surface area contributed by atoms with Crippen LogP contribution in [-0.4, -0.2) is 28.5 Å². The number of nitrogens with one attached hydrogen (secondary N) is 1. The minimum Gasteiger partial charge on any atom is -0.480 e. The highest BCUT2D eigenvalue weighted by molar-refractivity contribution is 5.93. The van der Waals surface area contributed by atoms with E-state index in [0.717, 1.165) is 12.3 Å². The van der Waals surface area contributed by atoms with E-state index >= 15 is 0 Å². The molecule has 0 aliphatic carbocycles. The van der Waals surface area contributed by atoms with E-state index in [4.69, 9.17) is 5.11 Å². The Morgan fingerprint density at radius 2 is 2.21 bits per heavy atom. The predicted octanol–water partition coefficient (Wildman–Crippen LogP) is 0.0351. The maximum Gasteiger partial charge on any atom is 0.322 e. The van der Waals surface area contributed by atoms with Crippen LogP contribution >= 0.6 is 0 Å². The molecule has 14 heavy (non-hydrogen) atoms. The number of hydrogen-bond donors (Lipinski definition) is 2. The van der Waals surface area contributed by atoms with Gasteiger partial charge in [0.15, 0.2) is 0 Å². The van der Waals surface area contributed by atoms with E-state index in [0.29, 0.717) is 0 Å². The Hall–Kier alpha value is -1.98. The number of aromatic nitrogens is 1. The highest BCUT2D eigenvalue weighted by atomic mass is 19.1. The highest BCUT2D eigenvalue weighted by Gasteiger charge is 2.07. The number of carbonyl (C=O) groups is 2. The second-order valence-corrected chi connectivity index (χ2v) is 2.44. The van der Waals surface area contributed by atoms with Crippen molar-refractivity contribution in [1.29, 1.82) is 0 Å². The molecule has 0 aliphatic heterocycles. The van der Waals surface area contributed by atoms with Crippen molar-refractivity contribution >= 4 is 11.9 Å². The van der Waals surface area contributed by atoms with Crippen LogP contribution in [0.5, 0.6) is 0 Å². The Morgan fingerprint density at radius 1 is 1.50 bits per heavy atom. The molecule has 0 fully saturated rings. The fourth-order valence-corrected chi connectivity index (χ4v) is 0.757. The number of rotatable bonds is 3. The molecule has 1 aromatic rings. The van der Waals surface area contributed by atoms with Gasteiger partial charge in [-0.2, -0.15) is 0 Å². The van der Waals surface area contributed by atoms with E-state index in [1.807, 2.05) is 0 Å². The van der Waals surface area contributed by atoms with Crippen LogP contribution in [0.3, 0.4) is 0 Å². The summed E-state index contributed by atoms with van der Waals surface area (Å²) in [5.41, 5.74) is -0.0207. The van der Waals surface area contributed by atoms with Crippen molar-refractivity contribution < 1.29 is 19.1 Å². The molecule has 74 valence electrons. The van der Waals surface area contributed by atoms with E-state index < -0.39 is 24.2 Å². The molecule has 0 spiro atoms. The standard InChI is InChI=1S/C8H7FN2O3/c9-5-1-2-6(10-3-5)8(14)11-4-7(12)13/h1-3H,4H2,(H,11,14)(H,12,13). The van der Waals surface area contributed by atoms with E-state index in [-0.39, 0.29) is 5.69 Å². The molecule has 5 nitrogen and oxygen atoms in total. The molecule has 6 heteroatoms. The maximum absolute atomic E-state index is 12.4. The van der Waals surface area contributed by atoms with Crippen molar-refractivity contribution in [3.8, 4) is 0 Å². The number of aliphatic carboxylic acids is 1. The van der Waals surface area contributed by atoms with Crippen LogP contribution in [0, 0.1) is 5.82 Å². The number of carboxylic acid groups (broad SMARTS) is 1. The topological polar surface area (TPSA) is 79.3 Å². The monoisotopic (exact) mass is 198 g/mol. The molecule has 1 rings (SSSR count). The second-order valence-electron chi connectivity index (χ2n) is 2.44. The zero-order valence-electron chi connectivity index (χ0n) is 7.03. The fourth-order valence-electron chi connectivity index (χ4n) is 0.757. The van der Waals surface area contributed by atoms with Crippen LogP contribution in [0.15, 0.2) is 18.3 Å². The van der Waals surface area contributed by atoms with Gasteiger partial charge in [0.25, 0.3) is 5.91 Å². The zero-order chi connectivity index (χ0) is 10.6. The lowest BCUT2D eigenvalue weighted by Gasteiger charge is -2.00. The number of pyridine rings is 1. The van der Waals surface area contributed by atoms with Gasteiger partial charge in [0.05, 0.1) is 6.20 Å². The van der Waals surface area contributed by atoms with Gasteiger partial charge in [-0.3, -0.25) is 9.59 Å². The largest absolute Gasteiger partial charge is 0.480 e. The molecular formula is C8H7FN2O3. The summed E-state index contributed by atoms with van der Waals surface area (Å²) >= 11 is 0. The maximum atomic E-state index is 12.4. The van der Waals surface area contributed by atoms with Gasteiger partial charge in [-0.15, -0.1) is 0 Å². The zero-order valence-corrected chi connectivity index (χ0v) is 7.03. The molecule has 0 saturated heterocycles. The van der Waals surface area contributed by atoms with Crippen molar-refractivity contribution in [2.45, 2.75) is 0 Å². The molecule has 0 aliphatic rings. The normalized spacial score (nSPS) is 9.50. The molecule has 0 unspecified atom stereocenters. The fraction of sp³-hybridized carbons (Fsp3) is 0.125. The third-order valence-corrected chi connectivity index (χ3v) is 1.36. The van der Waals surface area contributed by atoms with Crippen molar-refractivity contribution in [2.24, 2.45) is 0 Å². The Balaban J connectivity index is 2.61. The quantitative estimate of drug-likeness (QED) is 0.718. The predicted molar refractivity (Wildman–Crippen MR) is 44.2 cm³/mol. The molecule has 1 aromatic heterocycles. The second kappa shape index (κ2) is 4.31. The van der Waals surface area contributed by atoms with Crippen LogP contribution < -0.4 is 5.32 Å². The first-order chi connectivity index (χ1) is 6.59. The SMILES string of the molecule is O=C(O)CNC(=O)c1ccc(F)cn1. The van der Waals surface area contributed by atoms with Gasteiger partial charge < -0.3 is 10.4 Å². The van der Waals surface area contributed by atoms with Gasteiger partial charge in [0.1, 0.15) is 18.1 Å². The minimum absolute atomic E-state index is 0.0207. The van der Waals surface area contributed by atoms with Crippen LogP contribution in [0.4, 0.5) is 4.39 Å². The lowest BCUT2D eigenvalue weighted by Crippen LogP contribution is -2.29. The average molecular weight is 198 g/mol. The molecule has 1 amide bonds. The Kier molecular flexibility index (Phi) is 3.11. The minimum atomic E-state index is -1.15. The van der Waals surface area contributed by atoms with E-state index in [1.54, 1.807) is 0 Å². The Morgan fingerprint density at radius 3 is 2.71 bits per heavy atom. The number of amides is 1. The molecule has 2 N–H and O–H groups in total. The van der Waals surface area contributed by atoms with Gasteiger partial charge in [-0.1, -0.05) is 0 Å². The van der Waals surface area contributed by atoms with E-state index in [2.05, 4.69) is 10.3 Å². The number of carbonyl (C=O) groups excluding carboxylic acids is 1. The molecular weight excluding hydrogens is 191 g/mol. The summed E-state index contributed by atoms with van der Waals surface area (Å²) in [6.07, 6.45) is 0.885. The van der Waals surface area contributed by atoms with E-state index in [9.17, 15) is 14.0 Å². The first-order valence-electron chi connectivity index (χ1n) is 3.71. The first kappa shape index (κ1) is 10.1. The van der Waals surface area contributed by atoms with E-state index in [1.165, 1.54) is 6.07 Å². The third kappa shape index (κ3) is 2.81. The van der Waals surface area contributed by atoms with Crippen LogP contribution in [0.2, 0.25) is 0 Å². The van der Waals surface area contributed by atoms with Crippen molar-refractivity contribution in [3.63, 3.8) is 0 Å². The van der Waals surface area contributed by atoms with Crippen LogP contribution in [0.1, 0.15) is 10.5 Å². The summed E-state index contributed by atoms with van der Waals surface area (Å²) in [6, 6.07) is 2.25. The molecule has 0 bridgehead atoms. The molecule has 0 saturated carbocycles. The summed E-state index contributed by atoms with van der Waals surface area (Å²) in [7, 11) is 0. The third-order valence-electron chi connectivity index (χ3n) is 1.36. The smallest absolute Gasteiger partial charge is 0.322 e. The molecule has 0 aromatic carbocycles. The van der Waals surface area contributed by atoms with Gasteiger partial charge >= 0.3 is 5.97 Å². The summed E-state index contributed by atoms with van der Waals surface area (Å²) in [5, 5.41) is 10.4. The summed E-state index contributed by atoms with van der Waals surface area (Å²) in [6.45, 7) is -0.488. The van der Waals surface area contributed by atoms with Crippen molar-refractivity contribution in [1.82, 2.24) is 10.3 Å². The Bertz CT molecular complexity index is 350. The van der Waals surface area contributed by atoms with Crippen molar-refractivity contribution in [2.75, 3.05) is 6.54 Å². The van der Waals surface area contributed by atoms with Gasteiger partial charge in [-0.25, -0.2) is 9.37 Å². The number of halogens is 1. The van der Waals surface area contributed by atoms with Gasteiger partial charge in [0, 0.05) is 0 Å². The lowest BCUT2D eigenvalue weighted by atomic mass is 10.3. The van der Waals surface area contributed by atoms with Gasteiger partial charge in [0.2, 0.25) is 0 Å². The average Bonchev–Trinajstić information content (AvgIpc) is 2.15. The van der Waals surface area contributed by atoms with Gasteiger partial charge in [-0.05, 0) is 12.1 Å². The first-order valence-corrected chi connectivity index (χ1v) is 3.71. The summed E-state index contributed by atoms with van der Waals surface area (Å²) in [5.74, 6) is -2.35. The van der Waals surface area contributed by atoms with Crippen LogP contribution in [0.25, 0.3) is 0 Å².